The Kier molecular flexibility index (Phi) is 5.77. The van der Waals surface area contributed by atoms with Gasteiger partial charge in [0.1, 0.15) is 5.76 Å². The Morgan fingerprint density at radius 3 is 2.56 bits per heavy atom. The van der Waals surface area contributed by atoms with Gasteiger partial charge in [-0.25, -0.2) is 0 Å². The summed E-state index contributed by atoms with van der Waals surface area (Å²) < 4.78 is 7.35. The summed E-state index contributed by atoms with van der Waals surface area (Å²) in [6.07, 6.45) is 8.14. The Labute approximate surface area is 126 Å². The molecule has 1 fully saturated rings. The molecule has 2 nitrogen and oxygen atoms in total. The van der Waals surface area contributed by atoms with Crippen LogP contribution < -0.4 is 5.32 Å². The Hall–Kier alpha value is 0.200. The topological polar surface area (TPSA) is 25.2 Å². The zero-order chi connectivity index (χ0) is 13.0. The van der Waals surface area contributed by atoms with Gasteiger partial charge in [0.2, 0.25) is 0 Å². The zero-order valence-electron chi connectivity index (χ0n) is 10.8. The van der Waals surface area contributed by atoms with E-state index >= 15 is 0 Å². The first kappa shape index (κ1) is 14.6. The molecule has 102 valence electrons. The van der Waals surface area contributed by atoms with Crippen molar-refractivity contribution in [2.24, 2.45) is 5.92 Å². The molecule has 0 aromatic carbocycles. The van der Waals surface area contributed by atoms with Crippen molar-refractivity contribution in [3.8, 4) is 0 Å². The Morgan fingerprint density at radius 1 is 1.28 bits per heavy atom. The zero-order valence-corrected chi connectivity index (χ0v) is 14.0. The minimum Gasteiger partial charge on any atom is -0.452 e. The standard InChI is InChI=1S/C14H21Br2NO/c1-2-3-10-4-6-11(7-5-10)17-9-12-8-13(15)14(16)18-12/h8,10-11,17H,2-7,9H2,1H3. The van der Waals surface area contributed by atoms with E-state index in [1.165, 1.54) is 38.5 Å². The van der Waals surface area contributed by atoms with Gasteiger partial charge in [0.15, 0.2) is 4.67 Å². The van der Waals surface area contributed by atoms with Crippen LogP contribution in [0.2, 0.25) is 0 Å². The molecule has 1 aromatic heterocycles. The van der Waals surface area contributed by atoms with Crippen LogP contribution in [-0.4, -0.2) is 6.04 Å². The Balaban J connectivity index is 1.72. The van der Waals surface area contributed by atoms with Crippen molar-refractivity contribution in [3.63, 3.8) is 0 Å². The lowest BCUT2D eigenvalue weighted by Crippen LogP contribution is -2.32. The fourth-order valence-corrected chi connectivity index (χ4v) is 3.45. The fourth-order valence-electron chi connectivity index (χ4n) is 2.79. The van der Waals surface area contributed by atoms with Crippen molar-refractivity contribution in [2.75, 3.05) is 0 Å². The van der Waals surface area contributed by atoms with Crippen LogP contribution in [0.3, 0.4) is 0 Å². The highest BCUT2D eigenvalue weighted by Crippen LogP contribution is 2.29. The van der Waals surface area contributed by atoms with E-state index in [9.17, 15) is 0 Å². The predicted molar refractivity (Wildman–Crippen MR) is 81.6 cm³/mol. The molecule has 4 heteroatoms. The quantitative estimate of drug-likeness (QED) is 0.756. The molecule has 0 saturated heterocycles. The van der Waals surface area contributed by atoms with Crippen LogP contribution in [0.1, 0.15) is 51.2 Å². The maximum absolute atomic E-state index is 5.57. The van der Waals surface area contributed by atoms with Crippen molar-refractivity contribution >= 4 is 31.9 Å². The molecule has 1 aromatic rings. The summed E-state index contributed by atoms with van der Waals surface area (Å²) in [5.74, 6) is 1.96. The molecule has 2 rings (SSSR count). The average molecular weight is 379 g/mol. The molecule has 0 unspecified atom stereocenters. The third-order valence-corrected chi connectivity index (χ3v) is 5.51. The molecule has 1 aliphatic carbocycles. The molecule has 18 heavy (non-hydrogen) atoms. The Morgan fingerprint density at radius 2 is 2.00 bits per heavy atom. The largest absolute Gasteiger partial charge is 0.452 e. The highest BCUT2D eigenvalue weighted by molar-refractivity contribution is 9.13. The maximum atomic E-state index is 5.57. The van der Waals surface area contributed by atoms with Crippen molar-refractivity contribution in [2.45, 2.75) is 58.0 Å². The van der Waals surface area contributed by atoms with Crippen LogP contribution in [0.15, 0.2) is 19.6 Å². The maximum Gasteiger partial charge on any atom is 0.183 e. The van der Waals surface area contributed by atoms with Gasteiger partial charge in [-0.1, -0.05) is 19.8 Å². The van der Waals surface area contributed by atoms with E-state index in [4.69, 9.17) is 4.42 Å². The second-order valence-electron chi connectivity index (χ2n) is 5.22. The van der Waals surface area contributed by atoms with E-state index in [0.29, 0.717) is 6.04 Å². The molecule has 1 N–H and O–H groups in total. The molecule has 1 heterocycles. The van der Waals surface area contributed by atoms with Gasteiger partial charge in [0, 0.05) is 6.04 Å². The minimum absolute atomic E-state index is 0.667. The molecule has 1 aliphatic rings. The molecule has 1 saturated carbocycles. The van der Waals surface area contributed by atoms with Crippen LogP contribution in [0.4, 0.5) is 0 Å². The monoisotopic (exact) mass is 377 g/mol. The third kappa shape index (κ3) is 4.10. The van der Waals surface area contributed by atoms with Crippen molar-refractivity contribution in [1.82, 2.24) is 5.32 Å². The molecule has 0 aliphatic heterocycles. The average Bonchev–Trinajstić information content (AvgIpc) is 2.68. The lowest BCUT2D eigenvalue weighted by atomic mass is 9.83. The molecule has 0 amide bonds. The number of rotatable bonds is 5. The molecule has 0 spiro atoms. The van der Waals surface area contributed by atoms with Gasteiger partial charge in [-0.2, -0.15) is 0 Å². The molecular weight excluding hydrogens is 358 g/mol. The van der Waals surface area contributed by atoms with Crippen LogP contribution in [0.5, 0.6) is 0 Å². The van der Waals surface area contributed by atoms with Gasteiger partial charge < -0.3 is 9.73 Å². The van der Waals surface area contributed by atoms with Gasteiger partial charge in [-0.15, -0.1) is 0 Å². The molecular formula is C14H21Br2NO. The van der Waals surface area contributed by atoms with Crippen LogP contribution in [-0.2, 0) is 6.54 Å². The summed E-state index contributed by atoms with van der Waals surface area (Å²) in [6.45, 7) is 3.12. The highest BCUT2D eigenvalue weighted by atomic mass is 79.9. The molecule has 0 atom stereocenters. The number of hydrogen-bond acceptors (Lipinski definition) is 2. The predicted octanol–water partition coefficient (Wildman–Crippen LogP) is 5.25. The van der Waals surface area contributed by atoms with Crippen molar-refractivity contribution in [1.29, 1.82) is 0 Å². The first-order chi connectivity index (χ1) is 8.69. The van der Waals surface area contributed by atoms with Gasteiger partial charge in [0.05, 0.1) is 11.0 Å². The third-order valence-electron chi connectivity index (χ3n) is 3.80. The first-order valence-corrected chi connectivity index (χ1v) is 8.44. The van der Waals surface area contributed by atoms with Crippen molar-refractivity contribution in [3.05, 3.63) is 21.0 Å². The van der Waals surface area contributed by atoms with E-state index in [1.807, 2.05) is 6.07 Å². The van der Waals surface area contributed by atoms with Gasteiger partial charge >= 0.3 is 0 Å². The summed E-state index contributed by atoms with van der Waals surface area (Å²) >= 11 is 6.80. The summed E-state index contributed by atoms with van der Waals surface area (Å²) in [5.41, 5.74) is 0. The van der Waals surface area contributed by atoms with Gasteiger partial charge in [-0.05, 0) is 69.5 Å². The number of hydrogen-bond donors (Lipinski definition) is 1. The van der Waals surface area contributed by atoms with Crippen LogP contribution >= 0.6 is 31.9 Å². The van der Waals surface area contributed by atoms with Crippen molar-refractivity contribution < 1.29 is 4.42 Å². The van der Waals surface area contributed by atoms with E-state index < -0.39 is 0 Å². The lowest BCUT2D eigenvalue weighted by Gasteiger charge is -2.28. The van der Waals surface area contributed by atoms with Crippen LogP contribution in [0.25, 0.3) is 0 Å². The summed E-state index contributed by atoms with van der Waals surface area (Å²) in [7, 11) is 0. The van der Waals surface area contributed by atoms with E-state index in [2.05, 4.69) is 44.1 Å². The molecule has 0 radical (unpaired) electrons. The SMILES string of the molecule is CCCC1CCC(NCc2cc(Br)c(Br)o2)CC1. The lowest BCUT2D eigenvalue weighted by molar-refractivity contribution is 0.273. The summed E-state index contributed by atoms with van der Waals surface area (Å²) in [6, 6.07) is 2.69. The molecule has 0 bridgehead atoms. The highest BCUT2D eigenvalue weighted by Gasteiger charge is 2.20. The normalized spacial score (nSPS) is 24.4. The first-order valence-electron chi connectivity index (χ1n) is 6.86. The summed E-state index contributed by atoms with van der Waals surface area (Å²) in [4.78, 5) is 0. The van der Waals surface area contributed by atoms with E-state index in [-0.39, 0.29) is 0 Å². The number of halogens is 2. The second-order valence-corrected chi connectivity index (χ2v) is 6.80. The number of furan rings is 1. The second kappa shape index (κ2) is 7.11. The van der Waals surface area contributed by atoms with Gasteiger partial charge in [-0.3, -0.25) is 0 Å². The van der Waals surface area contributed by atoms with Crippen LogP contribution in [0, 0.1) is 5.92 Å². The Bertz CT molecular complexity index is 350. The smallest absolute Gasteiger partial charge is 0.183 e. The minimum atomic E-state index is 0.667. The number of nitrogens with one attached hydrogen (secondary N) is 1. The van der Waals surface area contributed by atoms with Gasteiger partial charge in [0.25, 0.3) is 0 Å². The van der Waals surface area contributed by atoms with E-state index in [1.54, 1.807) is 0 Å². The fraction of sp³-hybridized carbons (Fsp3) is 0.714. The summed E-state index contributed by atoms with van der Waals surface area (Å²) in [5, 5.41) is 3.61. The van der Waals surface area contributed by atoms with E-state index in [0.717, 1.165) is 27.4 Å².